The van der Waals surface area contributed by atoms with E-state index in [1.54, 1.807) is 30.4 Å². The van der Waals surface area contributed by atoms with Crippen LogP contribution in [-0.2, 0) is 0 Å². The fourth-order valence-corrected chi connectivity index (χ4v) is 2.78. The van der Waals surface area contributed by atoms with Gasteiger partial charge in [0.2, 0.25) is 0 Å². The highest BCUT2D eigenvalue weighted by molar-refractivity contribution is 7.99. The number of aromatic nitrogens is 1. The van der Waals surface area contributed by atoms with Crippen LogP contribution in [0.15, 0.2) is 52.2 Å². The third kappa shape index (κ3) is 3.11. The first-order chi connectivity index (χ1) is 8.31. The van der Waals surface area contributed by atoms with Crippen molar-refractivity contribution in [3.63, 3.8) is 0 Å². The van der Waals surface area contributed by atoms with Crippen LogP contribution in [0.5, 0.6) is 0 Å². The standard InChI is InChI=1S/C13H16N2OS/c1-2-11(14)13(12-4-3-9-16-12)17-10-5-7-15-8-6-10/h3-9,11,13H,2,14H2,1H3. The van der Waals surface area contributed by atoms with Crippen molar-refractivity contribution >= 4 is 11.8 Å². The Morgan fingerprint density at radius 3 is 2.71 bits per heavy atom. The molecule has 0 aliphatic rings. The maximum Gasteiger partial charge on any atom is 0.118 e. The van der Waals surface area contributed by atoms with Crippen LogP contribution in [0.25, 0.3) is 0 Å². The summed E-state index contributed by atoms with van der Waals surface area (Å²) in [6.45, 7) is 2.09. The van der Waals surface area contributed by atoms with E-state index in [-0.39, 0.29) is 11.3 Å². The lowest BCUT2D eigenvalue weighted by atomic mass is 10.1. The summed E-state index contributed by atoms with van der Waals surface area (Å²) in [5.41, 5.74) is 6.16. The molecule has 0 bridgehead atoms. The van der Waals surface area contributed by atoms with Crippen LogP contribution in [0, 0.1) is 0 Å². The van der Waals surface area contributed by atoms with Gasteiger partial charge in [0.25, 0.3) is 0 Å². The van der Waals surface area contributed by atoms with Crippen molar-refractivity contribution in [1.29, 1.82) is 0 Å². The highest BCUT2D eigenvalue weighted by atomic mass is 32.2. The van der Waals surface area contributed by atoms with Crippen molar-refractivity contribution in [2.45, 2.75) is 29.5 Å². The van der Waals surface area contributed by atoms with Crippen LogP contribution in [0.4, 0.5) is 0 Å². The van der Waals surface area contributed by atoms with Crippen LogP contribution in [0.2, 0.25) is 0 Å². The second-order valence-corrected chi connectivity index (χ2v) is 5.02. The molecule has 2 aromatic rings. The Labute approximate surface area is 105 Å². The van der Waals surface area contributed by atoms with Gasteiger partial charge < -0.3 is 10.2 Å². The van der Waals surface area contributed by atoms with Crippen LogP contribution in [-0.4, -0.2) is 11.0 Å². The molecule has 2 heterocycles. The van der Waals surface area contributed by atoms with E-state index in [4.69, 9.17) is 10.2 Å². The molecular formula is C13H16N2OS. The molecule has 2 rings (SSSR count). The molecule has 2 atom stereocenters. The second-order valence-electron chi connectivity index (χ2n) is 3.81. The van der Waals surface area contributed by atoms with Crippen LogP contribution in [0.1, 0.15) is 24.4 Å². The molecule has 2 aromatic heterocycles. The number of thioether (sulfide) groups is 1. The molecule has 2 unspecified atom stereocenters. The van der Waals surface area contributed by atoms with E-state index < -0.39 is 0 Å². The van der Waals surface area contributed by atoms with Crippen molar-refractivity contribution in [3.05, 3.63) is 48.7 Å². The zero-order valence-electron chi connectivity index (χ0n) is 9.74. The van der Waals surface area contributed by atoms with Crippen LogP contribution < -0.4 is 5.73 Å². The summed E-state index contributed by atoms with van der Waals surface area (Å²) in [5.74, 6) is 0.932. The van der Waals surface area contributed by atoms with E-state index in [0.29, 0.717) is 0 Å². The number of furan rings is 1. The number of hydrogen-bond acceptors (Lipinski definition) is 4. The average molecular weight is 248 g/mol. The molecule has 17 heavy (non-hydrogen) atoms. The Kier molecular flexibility index (Phi) is 4.23. The largest absolute Gasteiger partial charge is 0.468 e. The lowest BCUT2D eigenvalue weighted by molar-refractivity contribution is 0.474. The molecule has 0 aliphatic heterocycles. The molecule has 0 aromatic carbocycles. The summed E-state index contributed by atoms with van der Waals surface area (Å²) in [4.78, 5) is 5.17. The summed E-state index contributed by atoms with van der Waals surface area (Å²) in [6.07, 6.45) is 6.19. The molecule has 0 saturated heterocycles. The fourth-order valence-electron chi connectivity index (χ4n) is 1.59. The van der Waals surface area contributed by atoms with E-state index in [0.717, 1.165) is 17.1 Å². The Hall–Kier alpha value is -1.26. The summed E-state index contributed by atoms with van der Waals surface area (Å²) < 4.78 is 5.47. The minimum Gasteiger partial charge on any atom is -0.468 e. The predicted molar refractivity (Wildman–Crippen MR) is 69.8 cm³/mol. The molecule has 4 heteroatoms. The van der Waals surface area contributed by atoms with Gasteiger partial charge in [0.1, 0.15) is 5.76 Å². The lowest BCUT2D eigenvalue weighted by Crippen LogP contribution is -2.25. The van der Waals surface area contributed by atoms with E-state index in [2.05, 4.69) is 11.9 Å². The molecule has 2 N–H and O–H groups in total. The summed E-state index contributed by atoms with van der Waals surface area (Å²) in [5, 5.41) is 0.150. The molecule has 0 saturated carbocycles. The van der Waals surface area contributed by atoms with Gasteiger partial charge in [0, 0.05) is 23.3 Å². The van der Waals surface area contributed by atoms with E-state index in [1.807, 2.05) is 24.3 Å². The van der Waals surface area contributed by atoms with Crippen molar-refractivity contribution in [2.75, 3.05) is 0 Å². The quantitative estimate of drug-likeness (QED) is 0.825. The molecule has 0 fully saturated rings. The molecule has 90 valence electrons. The van der Waals surface area contributed by atoms with Crippen molar-refractivity contribution < 1.29 is 4.42 Å². The molecule has 0 spiro atoms. The Balaban J connectivity index is 2.17. The van der Waals surface area contributed by atoms with Crippen molar-refractivity contribution in [2.24, 2.45) is 5.73 Å². The Bertz CT molecular complexity index is 430. The first kappa shape index (κ1) is 12.2. The number of pyridine rings is 1. The van der Waals surface area contributed by atoms with Gasteiger partial charge in [-0.3, -0.25) is 4.98 Å². The number of hydrogen-bond donors (Lipinski definition) is 1. The normalized spacial score (nSPS) is 14.5. The predicted octanol–water partition coefficient (Wildman–Crippen LogP) is 3.25. The highest BCUT2D eigenvalue weighted by Gasteiger charge is 2.22. The maximum absolute atomic E-state index is 6.16. The first-order valence-electron chi connectivity index (χ1n) is 5.67. The van der Waals surface area contributed by atoms with Gasteiger partial charge in [-0.25, -0.2) is 0 Å². The van der Waals surface area contributed by atoms with Crippen molar-refractivity contribution in [1.82, 2.24) is 4.98 Å². The Morgan fingerprint density at radius 2 is 2.12 bits per heavy atom. The van der Waals surface area contributed by atoms with Crippen LogP contribution in [0.3, 0.4) is 0 Å². The van der Waals surface area contributed by atoms with Gasteiger partial charge in [-0.1, -0.05) is 6.92 Å². The van der Waals surface area contributed by atoms with Gasteiger partial charge in [-0.05, 0) is 30.7 Å². The second kappa shape index (κ2) is 5.89. The molecule has 0 radical (unpaired) electrons. The summed E-state index contributed by atoms with van der Waals surface area (Å²) in [6, 6.07) is 7.94. The van der Waals surface area contributed by atoms with Crippen LogP contribution >= 0.6 is 11.8 Å². The monoisotopic (exact) mass is 248 g/mol. The number of rotatable bonds is 5. The zero-order valence-corrected chi connectivity index (χ0v) is 10.6. The third-order valence-corrected chi connectivity index (χ3v) is 3.98. The third-order valence-electron chi connectivity index (χ3n) is 2.60. The minimum absolute atomic E-state index is 0.0827. The highest BCUT2D eigenvalue weighted by Crippen LogP contribution is 2.37. The molecule has 3 nitrogen and oxygen atoms in total. The lowest BCUT2D eigenvalue weighted by Gasteiger charge is -2.20. The summed E-state index contributed by atoms with van der Waals surface area (Å²) >= 11 is 1.72. The van der Waals surface area contributed by atoms with Gasteiger partial charge in [0.15, 0.2) is 0 Å². The van der Waals surface area contributed by atoms with E-state index in [1.165, 1.54) is 0 Å². The smallest absolute Gasteiger partial charge is 0.118 e. The zero-order chi connectivity index (χ0) is 12.1. The number of nitrogens with two attached hydrogens (primary N) is 1. The molecule has 0 aliphatic carbocycles. The van der Waals surface area contributed by atoms with Gasteiger partial charge in [-0.2, -0.15) is 0 Å². The Morgan fingerprint density at radius 1 is 1.35 bits per heavy atom. The minimum atomic E-state index is 0.0827. The summed E-state index contributed by atoms with van der Waals surface area (Å²) in [7, 11) is 0. The number of nitrogens with zero attached hydrogens (tertiary/aromatic N) is 1. The molecule has 0 amide bonds. The van der Waals surface area contributed by atoms with Gasteiger partial charge in [0.05, 0.1) is 11.5 Å². The van der Waals surface area contributed by atoms with Crippen molar-refractivity contribution in [3.8, 4) is 0 Å². The van der Waals surface area contributed by atoms with Gasteiger partial charge in [-0.15, -0.1) is 11.8 Å². The first-order valence-corrected chi connectivity index (χ1v) is 6.55. The molecular weight excluding hydrogens is 232 g/mol. The SMILES string of the molecule is CCC(N)C(Sc1ccncc1)c1ccco1. The van der Waals surface area contributed by atoms with E-state index in [9.17, 15) is 0 Å². The van der Waals surface area contributed by atoms with E-state index >= 15 is 0 Å². The fraction of sp³-hybridized carbons (Fsp3) is 0.308. The van der Waals surface area contributed by atoms with Gasteiger partial charge >= 0.3 is 0 Å². The maximum atomic E-state index is 6.16. The topological polar surface area (TPSA) is 52.0 Å². The average Bonchev–Trinajstić information content (AvgIpc) is 2.90.